The first-order valence-corrected chi connectivity index (χ1v) is 8.92. The fourth-order valence-corrected chi connectivity index (χ4v) is 2.69. The lowest BCUT2D eigenvalue weighted by Crippen LogP contribution is -2.34. The van der Waals surface area contributed by atoms with E-state index in [1.54, 1.807) is 12.5 Å². The topological polar surface area (TPSA) is 62.2 Å². The molecule has 0 saturated heterocycles. The lowest BCUT2D eigenvalue weighted by molar-refractivity contribution is 0.240. The molecule has 3 rings (SSSR count). The molecular formula is C21H25N5O. The number of carbonyl (C=O) groups is 1. The number of rotatable bonds is 7. The lowest BCUT2D eigenvalue weighted by Gasteiger charge is -2.13. The zero-order valence-electron chi connectivity index (χ0n) is 15.7. The molecule has 0 spiro atoms. The number of nitrogens with zero attached hydrogens (tertiary/aromatic N) is 3. The molecule has 0 aliphatic heterocycles. The molecule has 0 bridgehead atoms. The minimum Gasteiger partial charge on any atom is -0.378 e. The highest BCUT2D eigenvalue weighted by Gasteiger charge is 2.02. The highest BCUT2D eigenvalue weighted by molar-refractivity contribution is 5.73. The smallest absolute Gasteiger partial charge is 0.315 e. The second-order valence-electron chi connectivity index (χ2n) is 6.65. The number of nitrogens with one attached hydrogen (secondary N) is 2. The van der Waals surface area contributed by atoms with Crippen LogP contribution in [0.25, 0.3) is 0 Å². The summed E-state index contributed by atoms with van der Waals surface area (Å²) >= 11 is 0. The minimum absolute atomic E-state index is 0.172. The van der Waals surface area contributed by atoms with Gasteiger partial charge in [-0.15, -0.1) is 0 Å². The molecule has 3 aromatic rings. The molecule has 6 nitrogen and oxygen atoms in total. The van der Waals surface area contributed by atoms with Crippen LogP contribution in [0.4, 0.5) is 10.5 Å². The molecule has 0 aliphatic carbocycles. The van der Waals surface area contributed by atoms with Crippen LogP contribution < -0.4 is 15.5 Å². The Morgan fingerprint density at radius 3 is 2.00 bits per heavy atom. The van der Waals surface area contributed by atoms with Gasteiger partial charge in [-0.25, -0.2) is 9.78 Å². The number of aromatic nitrogens is 2. The zero-order valence-corrected chi connectivity index (χ0v) is 15.7. The number of hydrogen-bond acceptors (Lipinski definition) is 3. The first-order chi connectivity index (χ1) is 13.1. The molecule has 27 heavy (non-hydrogen) atoms. The van der Waals surface area contributed by atoms with Gasteiger partial charge in [0.2, 0.25) is 0 Å². The number of hydrogen-bond donors (Lipinski definition) is 2. The van der Waals surface area contributed by atoms with E-state index in [0.29, 0.717) is 13.1 Å². The van der Waals surface area contributed by atoms with Gasteiger partial charge < -0.3 is 20.1 Å². The summed E-state index contributed by atoms with van der Waals surface area (Å²) in [5, 5.41) is 5.78. The first kappa shape index (κ1) is 18.5. The Labute approximate surface area is 159 Å². The van der Waals surface area contributed by atoms with Crippen molar-refractivity contribution >= 4 is 11.7 Å². The fraction of sp³-hybridized carbons (Fsp3) is 0.238. The maximum atomic E-state index is 12.0. The standard InChI is InChI=1S/C21H25N5O/c1-25(2)20-9-7-18(8-10-20)14-24-21(27)23-13-17-3-5-19(6-4-17)15-26-12-11-22-16-26/h3-12,16H,13-15H2,1-2H3,(H2,23,24,27). The molecule has 2 amide bonds. The Balaban J connectivity index is 1.42. The number of urea groups is 1. The van der Waals surface area contributed by atoms with Gasteiger partial charge in [-0.1, -0.05) is 36.4 Å². The number of benzene rings is 2. The molecule has 0 radical (unpaired) electrons. The van der Waals surface area contributed by atoms with Gasteiger partial charge in [-0.3, -0.25) is 0 Å². The highest BCUT2D eigenvalue weighted by Crippen LogP contribution is 2.12. The van der Waals surface area contributed by atoms with Crippen LogP contribution in [-0.4, -0.2) is 29.7 Å². The molecule has 2 N–H and O–H groups in total. The van der Waals surface area contributed by atoms with Gasteiger partial charge in [0, 0.05) is 51.8 Å². The fourth-order valence-electron chi connectivity index (χ4n) is 2.69. The molecule has 140 valence electrons. The van der Waals surface area contributed by atoms with Gasteiger partial charge in [-0.05, 0) is 28.8 Å². The number of carbonyl (C=O) groups excluding carboxylic acids is 1. The summed E-state index contributed by atoms with van der Waals surface area (Å²) in [6.07, 6.45) is 5.51. The average Bonchev–Trinajstić information content (AvgIpc) is 3.19. The molecule has 1 aromatic heterocycles. The largest absolute Gasteiger partial charge is 0.378 e. The third-order valence-electron chi connectivity index (χ3n) is 4.31. The molecule has 6 heteroatoms. The molecule has 0 atom stereocenters. The van der Waals surface area contributed by atoms with Gasteiger partial charge in [-0.2, -0.15) is 0 Å². The quantitative estimate of drug-likeness (QED) is 0.678. The van der Waals surface area contributed by atoms with Crippen LogP contribution in [0.2, 0.25) is 0 Å². The molecule has 0 unspecified atom stereocenters. The minimum atomic E-state index is -0.172. The Kier molecular flexibility index (Phi) is 6.10. The van der Waals surface area contributed by atoms with Crippen molar-refractivity contribution in [1.82, 2.24) is 20.2 Å². The first-order valence-electron chi connectivity index (χ1n) is 8.92. The molecular weight excluding hydrogens is 338 g/mol. The van der Waals surface area contributed by atoms with Crippen molar-refractivity contribution in [3.05, 3.63) is 83.9 Å². The summed E-state index contributed by atoms with van der Waals surface area (Å²) in [5.41, 5.74) is 4.47. The van der Waals surface area contributed by atoms with E-state index < -0.39 is 0 Å². The van der Waals surface area contributed by atoms with Gasteiger partial charge in [0.05, 0.1) is 6.33 Å². The normalized spacial score (nSPS) is 10.4. The number of imidazole rings is 1. The summed E-state index contributed by atoms with van der Waals surface area (Å²) in [5.74, 6) is 0. The van der Waals surface area contributed by atoms with Crippen molar-refractivity contribution in [1.29, 1.82) is 0 Å². The number of anilines is 1. The van der Waals surface area contributed by atoms with Crippen LogP contribution in [-0.2, 0) is 19.6 Å². The molecule has 0 saturated carbocycles. The van der Waals surface area contributed by atoms with E-state index in [4.69, 9.17) is 0 Å². The zero-order chi connectivity index (χ0) is 19.1. The Morgan fingerprint density at radius 2 is 1.48 bits per heavy atom. The monoisotopic (exact) mass is 363 g/mol. The molecule has 1 heterocycles. The number of amides is 2. The maximum absolute atomic E-state index is 12.0. The van der Waals surface area contributed by atoms with Crippen LogP contribution >= 0.6 is 0 Å². The van der Waals surface area contributed by atoms with E-state index in [1.807, 2.05) is 66.2 Å². The second kappa shape index (κ2) is 8.89. The van der Waals surface area contributed by atoms with E-state index in [1.165, 1.54) is 5.56 Å². The Hall–Kier alpha value is -3.28. The van der Waals surface area contributed by atoms with Gasteiger partial charge in [0.15, 0.2) is 0 Å². The molecule has 0 aliphatic rings. The predicted molar refractivity (Wildman–Crippen MR) is 108 cm³/mol. The van der Waals surface area contributed by atoms with Crippen LogP contribution in [0.1, 0.15) is 16.7 Å². The van der Waals surface area contributed by atoms with Crippen LogP contribution in [0.5, 0.6) is 0 Å². The van der Waals surface area contributed by atoms with Crippen molar-refractivity contribution in [2.24, 2.45) is 0 Å². The summed E-state index contributed by atoms with van der Waals surface area (Å²) in [7, 11) is 4.01. The second-order valence-corrected chi connectivity index (χ2v) is 6.65. The van der Waals surface area contributed by atoms with Crippen molar-refractivity contribution < 1.29 is 4.79 Å². The van der Waals surface area contributed by atoms with Crippen molar-refractivity contribution in [2.45, 2.75) is 19.6 Å². The van der Waals surface area contributed by atoms with Crippen molar-refractivity contribution in [3.8, 4) is 0 Å². The van der Waals surface area contributed by atoms with E-state index >= 15 is 0 Å². The predicted octanol–water partition coefficient (Wildman–Crippen LogP) is 3.00. The summed E-state index contributed by atoms with van der Waals surface area (Å²) < 4.78 is 2.02. The van der Waals surface area contributed by atoms with Crippen LogP contribution in [0.3, 0.4) is 0 Å². The summed E-state index contributed by atoms with van der Waals surface area (Å²) in [6, 6.07) is 16.2. The third kappa shape index (κ3) is 5.60. The summed E-state index contributed by atoms with van der Waals surface area (Å²) in [4.78, 5) is 18.1. The van der Waals surface area contributed by atoms with Crippen LogP contribution in [0, 0.1) is 0 Å². The van der Waals surface area contributed by atoms with Gasteiger partial charge in [0.1, 0.15) is 0 Å². The van der Waals surface area contributed by atoms with E-state index in [2.05, 4.69) is 27.8 Å². The van der Waals surface area contributed by atoms with Gasteiger partial charge in [0.25, 0.3) is 0 Å². The van der Waals surface area contributed by atoms with Gasteiger partial charge >= 0.3 is 6.03 Å². The maximum Gasteiger partial charge on any atom is 0.315 e. The Morgan fingerprint density at radius 1 is 0.926 bits per heavy atom. The lowest BCUT2D eigenvalue weighted by atomic mass is 10.1. The van der Waals surface area contributed by atoms with E-state index in [9.17, 15) is 4.79 Å². The SMILES string of the molecule is CN(C)c1ccc(CNC(=O)NCc2ccc(Cn3ccnc3)cc2)cc1. The highest BCUT2D eigenvalue weighted by atomic mass is 16.2. The van der Waals surface area contributed by atoms with Crippen LogP contribution in [0.15, 0.2) is 67.3 Å². The van der Waals surface area contributed by atoms with E-state index in [-0.39, 0.29) is 6.03 Å². The summed E-state index contributed by atoms with van der Waals surface area (Å²) in [6.45, 7) is 1.79. The Bertz CT molecular complexity index is 839. The molecule has 0 fully saturated rings. The van der Waals surface area contributed by atoms with Crippen molar-refractivity contribution in [3.63, 3.8) is 0 Å². The third-order valence-corrected chi connectivity index (χ3v) is 4.31. The van der Waals surface area contributed by atoms with E-state index in [0.717, 1.165) is 23.4 Å². The van der Waals surface area contributed by atoms with Crippen molar-refractivity contribution in [2.75, 3.05) is 19.0 Å². The molecule has 2 aromatic carbocycles. The average molecular weight is 363 g/mol.